The topological polar surface area (TPSA) is 36.7 Å². The van der Waals surface area contributed by atoms with Gasteiger partial charge in [-0.1, -0.05) is 52.5 Å². The lowest BCUT2D eigenvalue weighted by Gasteiger charge is -2.25. The number of aryl methyl sites for hydroxylation is 1. The van der Waals surface area contributed by atoms with Crippen molar-refractivity contribution in [3.8, 4) is 6.07 Å². The maximum absolute atomic E-state index is 8.90. The van der Waals surface area contributed by atoms with E-state index in [-0.39, 0.29) is 5.41 Å². The highest BCUT2D eigenvalue weighted by Gasteiger charge is 2.21. The Hall–Kier alpha value is -1.36. The number of nitrogens with zero attached hydrogens (tertiary/aromatic N) is 2. The Kier molecular flexibility index (Phi) is 5.34. The molecule has 0 spiro atoms. The highest BCUT2D eigenvalue weighted by atomic mass is 14.7. The molecule has 0 bridgehead atoms. The second-order valence-corrected chi connectivity index (χ2v) is 5.70. The molecular weight excluding hydrogens is 220 g/mol. The molecule has 0 aliphatic carbocycles. The summed E-state index contributed by atoms with van der Waals surface area (Å²) < 4.78 is 0. The Morgan fingerprint density at radius 3 is 2.56 bits per heavy atom. The van der Waals surface area contributed by atoms with Crippen LogP contribution in [0.2, 0.25) is 0 Å². The van der Waals surface area contributed by atoms with E-state index in [4.69, 9.17) is 5.26 Å². The van der Waals surface area contributed by atoms with Crippen LogP contribution in [0.3, 0.4) is 0 Å². The van der Waals surface area contributed by atoms with Crippen molar-refractivity contribution in [1.29, 1.82) is 5.26 Å². The van der Waals surface area contributed by atoms with Crippen molar-refractivity contribution < 1.29 is 0 Å². The minimum absolute atomic E-state index is 0.152. The first kappa shape index (κ1) is 14.7. The van der Waals surface area contributed by atoms with Crippen LogP contribution in [-0.2, 0) is 5.41 Å². The number of unbranched alkanes of at least 4 members (excludes halogenated alkanes) is 3. The van der Waals surface area contributed by atoms with Crippen LogP contribution in [0.25, 0.3) is 0 Å². The molecule has 0 aliphatic heterocycles. The van der Waals surface area contributed by atoms with Gasteiger partial charge in [0.2, 0.25) is 0 Å². The summed E-state index contributed by atoms with van der Waals surface area (Å²) in [6, 6.07) is 4.24. The molecule has 1 heterocycles. The highest BCUT2D eigenvalue weighted by Crippen LogP contribution is 2.29. The van der Waals surface area contributed by atoms with Gasteiger partial charge in [0.25, 0.3) is 0 Å². The van der Waals surface area contributed by atoms with E-state index in [1.807, 2.05) is 13.1 Å². The van der Waals surface area contributed by atoms with Gasteiger partial charge in [-0.2, -0.15) is 5.26 Å². The van der Waals surface area contributed by atoms with E-state index >= 15 is 0 Å². The van der Waals surface area contributed by atoms with E-state index in [1.54, 1.807) is 0 Å². The fraction of sp³-hybridized carbons (Fsp3) is 0.625. The summed E-state index contributed by atoms with van der Waals surface area (Å²) in [6.45, 7) is 8.73. The highest BCUT2D eigenvalue weighted by molar-refractivity contribution is 5.35. The lowest BCUT2D eigenvalue weighted by atomic mass is 9.80. The SMILES string of the molecule is CCCCCCC(C)(C)c1cnc(C#N)c(C)c1. The average Bonchev–Trinajstić information content (AvgIpc) is 2.34. The van der Waals surface area contributed by atoms with Gasteiger partial charge in [0.1, 0.15) is 11.8 Å². The predicted octanol–water partition coefficient (Wildman–Crippen LogP) is 4.51. The first-order valence-electron chi connectivity index (χ1n) is 6.88. The van der Waals surface area contributed by atoms with Crippen molar-refractivity contribution in [3.05, 3.63) is 29.1 Å². The molecule has 18 heavy (non-hydrogen) atoms. The van der Waals surface area contributed by atoms with Gasteiger partial charge in [0.15, 0.2) is 0 Å². The maximum Gasteiger partial charge on any atom is 0.143 e. The largest absolute Gasteiger partial charge is 0.245 e. The minimum atomic E-state index is 0.152. The molecule has 0 atom stereocenters. The van der Waals surface area contributed by atoms with Gasteiger partial charge in [-0.05, 0) is 29.9 Å². The molecule has 1 aromatic rings. The molecule has 1 rings (SSSR count). The molecule has 2 nitrogen and oxygen atoms in total. The van der Waals surface area contributed by atoms with Crippen LogP contribution < -0.4 is 0 Å². The molecule has 0 fully saturated rings. The average molecular weight is 244 g/mol. The van der Waals surface area contributed by atoms with Crippen molar-refractivity contribution in [3.63, 3.8) is 0 Å². The lowest BCUT2D eigenvalue weighted by Crippen LogP contribution is -2.17. The maximum atomic E-state index is 8.90. The molecule has 0 amide bonds. The monoisotopic (exact) mass is 244 g/mol. The van der Waals surface area contributed by atoms with Crippen molar-refractivity contribution in [2.75, 3.05) is 0 Å². The Balaban J connectivity index is 2.72. The zero-order chi connectivity index (χ0) is 13.6. The summed E-state index contributed by atoms with van der Waals surface area (Å²) in [5, 5.41) is 8.90. The van der Waals surface area contributed by atoms with Crippen LogP contribution in [0, 0.1) is 18.3 Å². The molecule has 0 aliphatic rings. The molecule has 98 valence electrons. The van der Waals surface area contributed by atoms with Gasteiger partial charge < -0.3 is 0 Å². The van der Waals surface area contributed by atoms with E-state index in [2.05, 4.69) is 37.9 Å². The van der Waals surface area contributed by atoms with Gasteiger partial charge in [-0.15, -0.1) is 0 Å². The fourth-order valence-corrected chi connectivity index (χ4v) is 2.20. The van der Waals surface area contributed by atoms with Crippen molar-refractivity contribution in [2.45, 2.75) is 65.2 Å². The zero-order valence-corrected chi connectivity index (χ0v) is 12.1. The number of pyridine rings is 1. The molecule has 0 unspecified atom stereocenters. The summed E-state index contributed by atoms with van der Waals surface area (Å²) >= 11 is 0. The Labute approximate surface area is 111 Å². The molecule has 0 saturated carbocycles. The Bertz CT molecular complexity index is 427. The summed E-state index contributed by atoms with van der Waals surface area (Å²) in [6.07, 6.45) is 8.21. The minimum Gasteiger partial charge on any atom is -0.245 e. The van der Waals surface area contributed by atoms with Crippen LogP contribution in [-0.4, -0.2) is 4.98 Å². The number of hydrogen-bond acceptors (Lipinski definition) is 2. The third kappa shape index (κ3) is 3.84. The first-order chi connectivity index (χ1) is 8.51. The molecule has 0 N–H and O–H groups in total. The fourth-order valence-electron chi connectivity index (χ4n) is 2.20. The number of rotatable bonds is 6. The number of nitriles is 1. The quantitative estimate of drug-likeness (QED) is 0.690. The zero-order valence-electron chi connectivity index (χ0n) is 12.1. The van der Waals surface area contributed by atoms with Gasteiger partial charge in [-0.25, -0.2) is 4.98 Å². The van der Waals surface area contributed by atoms with E-state index in [0.29, 0.717) is 5.69 Å². The van der Waals surface area contributed by atoms with Gasteiger partial charge >= 0.3 is 0 Å². The van der Waals surface area contributed by atoms with Crippen molar-refractivity contribution in [1.82, 2.24) is 4.98 Å². The van der Waals surface area contributed by atoms with Crippen LogP contribution in [0.4, 0.5) is 0 Å². The standard InChI is InChI=1S/C16H24N2/c1-5-6-7-8-9-16(3,4)14-10-13(2)15(11-17)18-12-14/h10,12H,5-9H2,1-4H3. The molecular formula is C16H24N2. The van der Waals surface area contributed by atoms with Gasteiger partial charge in [0.05, 0.1) is 0 Å². The number of aromatic nitrogens is 1. The van der Waals surface area contributed by atoms with Crippen molar-refractivity contribution in [2.24, 2.45) is 0 Å². The summed E-state index contributed by atoms with van der Waals surface area (Å²) in [4.78, 5) is 4.25. The Morgan fingerprint density at radius 2 is 2.00 bits per heavy atom. The van der Waals surface area contributed by atoms with Crippen LogP contribution in [0.15, 0.2) is 12.3 Å². The molecule has 0 aromatic carbocycles. The summed E-state index contributed by atoms with van der Waals surface area (Å²) in [5.41, 5.74) is 2.92. The number of hydrogen-bond donors (Lipinski definition) is 0. The van der Waals surface area contributed by atoms with E-state index in [9.17, 15) is 0 Å². The second-order valence-electron chi connectivity index (χ2n) is 5.70. The predicted molar refractivity (Wildman–Crippen MR) is 75.5 cm³/mol. The van der Waals surface area contributed by atoms with E-state index in [1.165, 1.54) is 37.7 Å². The smallest absolute Gasteiger partial charge is 0.143 e. The van der Waals surface area contributed by atoms with Gasteiger partial charge in [-0.3, -0.25) is 0 Å². The van der Waals surface area contributed by atoms with Crippen LogP contribution in [0.5, 0.6) is 0 Å². The lowest BCUT2D eigenvalue weighted by molar-refractivity contribution is 0.444. The summed E-state index contributed by atoms with van der Waals surface area (Å²) in [5.74, 6) is 0. The molecule has 0 saturated heterocycles. The first-order valence-corrected chi connectivity index (χ1v) is 6.88. The normalized spacial score (nSPS) is 11.3. The second kappa shape index (κ2) is 6.54. The third-order valence-corrected chi connectivity index (χ3v) is 3.62. The molecule has 1 aromatic heterocycles. The molecule has 2 heteroatoms. The van der Waals surface area contributed by atoms with E-state index < -0.39 is 0 Å². The van der Waals surface area contributed by atoms with Crippen LogP contribution in [0.1, 0.15) is 69.7 Å². The summed E-state index contributed by atoms with van der Waals surface area (Å²) in [7, 11) is 0. The van der Waals surface area contributed by atoms with Crippen molar-refractivity contribution >= 4 is 0 Å². The molecule has 0 radical (unpaired) electrons. The van der Waals surface area contributed by atoms with Gasteiger partial charge in [0, 0.05) is 6.20 Å². The van der Waals surface area contributed by atoms with Crippen LogP contribution >= 0.6 is 0 Å². The Morgan fingerprint density at radius 1 is 1.28 bits per heavy atom. The third-order valence-electron chi connectivity index (χ3n) is 3.62. The van der Waals surface area contributed by atoms with E-state index in [0.717, 1.165) is 5.56 Å².